The summed E-state index contributed by atoms with van der Waals surface area (Å²) in [7, 11) is 0. The first-order valence-electron chi connectivity index (χ1n) is 14.1. The Balaban J connectivity index is 0.000000163. The predicted octanol–water partition coefficient (Wildman–Crippen LogP) is 4.85. The zero-order valence-corrected chi connectivity index (χ0v) is 26.0. The first kappa shape index (κ1) is 31.5. The van der Waals surface area contributed by atoms with Crippen molar-refractivity contribution in [3.63, 3.8) is 0 Å². The van der Waals surface area contributed by atoms with Gasteiger partial charge < -0.3 is 14.0 Å². The molecule has 7 rings (SSSR count). The SMILES string of the molecule is Clc1nccc2c1C=C(CN1CCOCC1)C2.Clc1nccc2c1cc(CN1CCOCC1)n2-c1ccccc1.O=S=O. The van der Waals surface area contributed by atoms with Gasteiger partial charge in [-0.1, -0.05) is 53.1 Å². The van der Waals surface area contributed by atoms with Crippen molar-refractivity contribution >= 4 is 51.8 Å². The number of halogens is 2. The predicted molar refractivity (Wildman–Crippen MR) is 169 cm³/mol. The van der Waals surface area contributed by atoms with Crippen molar-refractivity contribution in [3.8, 4) is 5.69 Å². The van der Waals surface area contributed by atoms with Gasteiger partial charge in [-0.25, -0.2) is 9.97 Å². The maximum atomic E-state index is 8.29. The summed E-state index contributed by atoms with van der Waals surface area (Å²) in [5.74, 6) is 0. The van der Waals surface area contributed by atoms with Gasteiger partial charge in [-0.3, -0.25) is 9.80 Å². The molecule has 1 aromatic carbocycles. The van der Waals surface area contributed by atoms with Crippen LogP contribution in [0.5, 0.6) is 0 Å². The second kappa shape index (κ2) is 15.7. The highest BCUT2D eigenvalue weighted by atomic mass is 35.5. The summed E-state index contributed by atoms with van der Waals surface area (Å²) in [6.07, 6.45) is 6.75. The molecule has 0 amide bonds. The molecule has 0 unspecified atom stereocenters. The van der Waals surface area contributed by atoms with E-state index in [0.717, 1.165) is 94.3 Å². The molecule has 0 saturated carbocycles. The lowest BCUT2D eigenvalue weighted by Gasteiger charge is -2.27. The molecule has 2 saturated heterocycles. The van der Waals surface area contributed by atoms with Gasteiger partial charge in [0, 0.05) is 74.0 Å². The Morgan fingerprint density at radius 3 is 2.05 bits per heavy atom. The first-order valence-corrected chi connectivity index (χ1v) is 15.5. The maximum absolute atomic E-state index is 8.29. The van der Waals surface area contributed by atoms with Crippen LogP contribution < -0.4 is 0 Å². The minimum Gasteiger partial charge on any atom is -0.379 e. The molecule has 3 aromatic heterocycles. The highest BCUT2D eigenvalue weighted by Gasteiger charge is 2.20. The van der Waals surface area contributed by atoms with E-state index in [-0.39, 0.29) is 0 Å². The fourth-order valence-electron chi connectivity index (χ4n) is 5.58. The van der Waals surface area contributed by atoms with Crippen LogP contribution in [0.1, 0.15) is 16.8 Å². The molecule has 4 aromatic rings. The summed E-state index contributed by atoms with van der Waals surface area (Å²) in [5.41, 5.74) is 7.30. The number of nitrogens with zero attached hydrogens (tertiary/aromatic N) is 5. The number of morpholine rings is 2. The normalized spacial score (nSPS) is 16.8. The molecule has 12 heteroatoms. The number of para-hydroxylation sites is 1. The van der Waals surface area contributed by atoms with Crippen LogP contribution in [0.15, 0.2) is 66.5 Å². The molecule has 2 aliphatic heterocycles. The van der Waals surface area contributed by atoms with Gasteiger partial charge in [-0.2, -0.15) is 8.42 Å². The minimum atomic E-state index is -0.750. The van der Waals surface area contributed by atoms with E-state index in [0.29, 0.717) is 10.3 Å². The fraction of sp³-hybridized carbons (Fsp3) is 0.355. The zero-order valence-electron chi connectivity index (χ0n) is 23.7. The maximum Gasteiger partial charge on any atom is 0.335 e. The van der Waals surface area contributed by atoms with Crippen LogP contribution in [-0.2, 0) is 34.0 Å². The van der Waals surface area contributed by atoms with E-state index in [2.05, 4.69) is 66.8 Å². The minimum absolute atomic E-state index is 0.556. The summed E-state index contributed by atoms with van der Waals surface area (Å²) >= 11 is 11.7. The van der Waals surface area contributed by atoms with Crippen molar-refractivity contribution < 1.29 is 17.9 Å². The molecule has 0 bridgehead atoms. The molecular formula is C31H33Cl2N5O4S. The van der Waals surface area contributed by atoms with Gasteiger partial charge in [0.25, 0.3) is 0 Å². The van der Waals surface area contributed by atoms with Gasteiger partial charge >= 0.3 is 11.6 Å². The molecular weight excluding hydrogens is 609 g/mol. The molecule has 5 heterocycles. The van der Waals surface area contributed by atoms with Crippen molar-refractivity contribution in [2.24, 2.45) is 0 Å². The van der Waals surface area contributed by atoms with Crippen molar-refractivity contribution in [2.45, 2.75) is 13.0 Å². The lowest BCUT2D eigenvalue weighted by molar-refractivity contribution is 0.0335. The van der Waals surface area contributed by atoms with Crippen LogP contribution in [0.4, 0.5) is 0 Å². The number of hydrogen-bond acceptors (Lipinski definition) is 8. The highest BCUT2D eigenvalue weighted by molar-refractivity contribution is 7.51. The average molecular weight is 643 g/mol. The third-order valence-electron chi connectivity index (χ3n) is 7.59. The molecule has 0 radical (unpaired) electrons. The van der Waals surface area contributed by atoms with E-state index in [1.54, 1.807) is 12.4 Å². The zero-order chi connectivity index (χ0) is 30.0. The monoisotopic (exact) mass is 641 g/mol. The van der Waals surface area contributed by atoms with Crippen LogP contribution in [0, 0.1) is 0 Å². The topological polar surface area (TPSA) is 89.8 Å². The number of ether oxygens (including phenoxy) is 2. The molecule has 0 spiro atoms. The Bertz CT molecular complexity index is 1580. The third-order valence-corrected chi connectivity index (χ3v) is 8.19. The summed E-state index contributed by atoms with van der Waals surface area (Å²) < 4.78 is 29.7. The Morgan fingerprint density at radius 2 is 1.40 bits per heavy atom. The summed E-state index contributed by atoms with van der Waals surface area (Å²) in [6, 6.07) is 16.6. The van der Waals surface area contributed by atoms with Crippen LogP contribution in [0.25, 0.3) is 22.7 Å². The van der Waals surface area contributed by atoms with E-state index >= 15 is 0 Å². The van der Waals surface area contributed by atoms with Gasteiger partial charge in [0.2, 0.25) is 0 Å². The summed E-state index contributed by atoms with van der Waals surface area (Å²) in [6.45, 7) is 9.17. The lowest BCUT2D eigenvalue weighted by atomic mass is 10.1. The van der Waals surface area contributed by atoms with Crippen molar-refractivity contribution in [1.29, 1.82) is 0 Å². The number of rotatable bonds is 5. The number of benzene rings is 1. The van der Waals surface area contributed by atoms with Gasteiger partial charge in [-0.15, -0.1) is 0 Å². The summed E-state index contributed by atoms with van der Waals surface area (Å²) in [4.78, 5) is 13.2. The Morgan fingerprint density at radius 1 is 0.791 bits per heavy atom. The Kier molecular flexibility index (Phi) is 11.5. The van der Waals surface area contributed by atoms with Crippen LogP contribution in [0.2, 0.25) is 10.3 Å². The van der Waals surface area contributed by atoms with Crippen LogP contribution >= 0.6 is 23.2 Å². The van der Waals surface area contributed by atoms with Crippen molar-refractivity contribution in [1.82, 2.24) is 24.3 Å². The molecule has 226 valence electrons. The molecule has 9 nitrogen and oxygen atoms in total. The number of pyridine rings is 2. The molecule has 3 aliphatic rings. The van der Waals surface area contributed by atoms with E-state index < -0.39 is 11.6 Å². The van der Waals surface area contributed by atoms with Gasteiger partial charge in [0.15, 0.2) is 0 Å². The molecule has 2 fully saturated rings. The first-order chi connectivity index (χ1) is 21.1. The Labute approximate surface area is 264 Å². The second-order valence-electron chi connectivity index (χ2n) is 10.3. The van der Waals surface area contributed by atoms with E-state index in [4.69, 9.17) is 41.1 Å². The van der Waals surface area contributed by atoms with E-state index in [1.807, 2.05) is 12.1 Å². The molecule has 0 atom stereocenters. The smallest absolute Gasteiger partial charge is 0.335 e. The van der Waals surface area contributed by atoms with E-state index in [1.165, 1.54) is 16.8 Å². The van der Waals surface area contributed by atoms with Gasteiger partial charge in [0.05, 0.1) is 31.9 Å². The number of hydrogen-bond donors (Lipinski definition) is 0. The second-order valence-corrected chi connectivity index (χ2v) is 11.2. The van der Waals surface area contributed by atoms with Crippen LogP contribution in [0.3, 0.4) is 0 Å². The highest BCUT2D eigenvalue weighted by Crippen LogP contribution is 2.30. The fourth-order valence-corrected chi connectivity index (χ4v) is 6.02. The molecule has 1 aliphatic carbocycles. The van der Waals surface area contributed by atoms with Crippen molar-refractivity contribution in [2.75, 3.05) is 59.2 Å². The quantitative estimate of drug-likeness (QED) is 0.286. The van der Waals surface area contributed by atoms with Crippen LogP contribution in [-0.4, -0.2) is 91.9 Å². The molecule has 43 heavy (non-hydrogen) atoms. The number of fused-ring (bicyclic) bond motifs is 2. The molecule has 0 N–H and O–H groups in total. The lowest BCUT2D eigenvalue weighted by Crippen LogP contribution is -2.37. The number of aromatic nitrogens is 3. The van der Waals surface area contributed by atoms with Gasteiger partial charge in [-0.05, 0) is 42.3 Å². The standard InChI is InChI=1S/C18H18ClN3O.C13H15ClN2O.O2S/c19-18-16-12-15(13-21-8-10-23-11-9-21)22(17(16)6-7-20-18)14-4-2-1-3-5-14;14-13-12-8-10(7-11(12)1-2-15-13)9-16-3-5-17-6-4-16;1-3-2/h1-7,12H,8-11,13H2;1-2,8H,3-7,9H2;. The largest absolute Gasteiger partial charge is 0.379 e. The Hall–Kier alpha value is -2.96. The average Bonchev–Trinajstić information content (AvgIpc) is 3.62. The van der Waals surface area contributed by atoms with Gasteiger partial charge in [0.1, 0.15) is 10.3 Å². The van der Waals surface area contributed by atoms with Crippen molar-refractivity contribution in [3.05, 3.63) is 93.6 Å². The third kappa shape index (κ3) is 8.16. The van der Waals surface area contributed by atoms with E-state index in [9.17, 15) is 0 Å². The summed E-state index contributed by atoms with van der Waals surface area (Å²) in [5, 5.41) is 2.18.